The fourth-order valence-electron chi connectivity index (χ4n) is 1.57. The Kier molecular flexibility index (Phi) is 5.02. The second-order valence-corrected chi connectivity index (χ2v) is 4.62. The quantitative estimate of drug-likeness (QED) is 0.880. The van der Waals surface area contributed by atoms with Gasteiger partial charge in [0.1, 0.15) is 12.4 Å². The molecular weight excluding hydrogens is 245 g/mol. The van der Waals surface area contributed by atoms with Gasteiger partial charge < -0.3 is 9.84 Å². The van der Waals surface area contributed by atoms with E-state index in [-0.39, 0.29) is 12.4 Å². The Morgan fingerprint density at radius 1 is 1.28 bits per heavy atom. The topological polar surface area (TPSA) is 29.5 Å². The molecular formula is C13H17F3O2. The molecule has 0 bridgehead atoms. The molecule has 0 amide bonds. The summed E-state index contributed by atoms with van der Waals surface area (Å²) in [4.78, 5) is 0. The van der Waals surface area contributed by atoms with Crippen LogP contribution in [0.1, 0.15) is 25.8 Å². The fraction of sp³-hybridized carbons (Fsp3) is 0.538. The molecule has 18 heavy (non-hydrogen) atoms. The smallest absolute Gasteiger partial charge is 0.416 e. The lowest BCUT2D eigenvalue weighted by Crippen LogP contribution is -2.19. The molecule has 0 spiro atoms. The summed E-state index contributed by atoms with van der Waals surface area (Å²) in [5.74, 6) is 0.428. The van der Waals surface area contributed by atoms with Crippen LogP contribution in [0.2, 0.25) is 0 Å². The van der Waals surface area contributed by atoms with Crippen LogP contribution in [-0.4, -0.2) is 17.8 Å². The van der Waals surface area contributed by atoms with E-state index in [1.165, 1.54) is 12.1 Å². The Balaban J connectivity index is 2.58. The van der Waals surface area contributed by atoms with Crippen LogP contribution in [0.4, 0.5) is 13.2 Å². The van der Waals surface area contributed by atoms with Crippen molar-refractivity contribution in [2.75, 3.05) is 6.61 Å². The molecule has 0 fully saturated rings. The second-order valence-electron chi connectivity index (χ2n) is 4.62. The molecule has 5 heteroatoms. The summed E-state index contributed by atoms with van der Waals surface area (Å²) in [6.07, 6.45) is -4.49. The van der Waals surface area contributed by atoms with E-state index >= 15 is 0 Å². The highest BCUT2D eigenvalue weighted by Gasteiger charge is 2.30. The van der Waals surface area contributed by atoms with Gasteiger partial charge in [-0.2, -0.15) is 13.2 Å². The summed E-state index contributed by atoms with van der Waals surface area (Å²) < 4.78 is 42.5. The molecule has 1 atom stereocenters. The van der Waals surface area contributed by atoms with Crippen LogP contribution >= 0.6 is 0 Å². The zero-order chi connectivity index (χ0) is 13.8. The minimum absolute atomic E-state index is 0.000505. The average molecular weight is 262 g/mol. The lowest BCUT2D eigenvalue weighted by molar-refractivity contribution is -0.137. The van der Waals surface area contributed by atoms with Gasteiger partial charge in [-0.15, -0.1) is 0 Å². The van der Waals surface area contributed by atoms with Gasteiger partial charge in [0.05, 0.1) is 11.7 Å². The number of alkyl halides is 3. The van der Waals surface area contributed by atoms with E-state index in [2.05, 4.69) is 0 Å². The predicted molar refractivity (Wildman–Crippen MR) is 62.4 cm³/mol. The normalized spacial score (nSPS) is 13.7. The number of aliphatic hydroxyl groups is 1. The molecule has 102 valence electrons. The SMILES string of the molecule is CC(C)CC(O)COc1cccc(C(F)(F)F)c1. The van der Waals surface area contributed by atoms with Gasteiger partial charge in [-0.3, -0.25) is 0 Å². The molecule has 1 aromatic carbocycles. The molecule has 0 saturated carbocycles. The third kappa shape index (κ3) is 4.96. The Labute approximate surface area is 104 Å². The van der Waals surface area contributed by atoms with Crippen LogP contribution in [0.5, 0.6) is 5.75 Å². The number of rotatable bonds is 5. The first-order valence-corrected chi connectivity index (χ1v) is 5.77. The molecule has 0 aliphatic rings. The van der Waals surface area contributed by atoms with Gasteiger partial charge >= 0.3 is 6.18 Å². The fourth-order valence-corrected chi connectivity index (χ4v) is 1.57. The zero-order valence-electron chi connectivity index (χ0n) is 10.4. The maximum Gasteiger partial charge on any atom is 0.416 e. The molecule has 1 unspecified atom stereocenters. The van der Waals surface area contributed by atoms with Crippen molar-refractivity contribution < 1.29 is 23.0 Å². The van der Waals surface area contributed by atoms with Gasteiger partial charge in [0.15, 0.2) is 0 Å². The monoisotopic (exact) mass is 262 g/mol. The largest absolute Gasteiger partial charge is 0.491 e. The average Bonchev–Trinajstić information content (AvgIpc) is 2.25. The molecule has 1 N–H and O–H groups in total. The summed E-state index contributed by atoms with van der Waals surface area (Å²) in [5.41, 5.74) is -0.752. The van der Waals surface area contributed by atoms with Crippen LogP contribution in [-0.2, 0) is 6.18 Å². The highest BCUT2D eigenvalue weighted by Crippen LogP contribution is 2.31. The van der Waals surface area contributed by atoms with Crippen molar-refractivity contribution in [3.63, 3.8) is 0 Å². The van der Waals surface area contributed by atoms with Gasteiger partial charge in [0.2, 0.25) is 0 Å². The van der Waals surface area contributed by atoms with Crippen molar-refractivity contribution in [2.45, 2.75) is 32.5 Å². The minimum Gasteiger partial charge on any atom is -0.491 e. The maximum atomic E-state index is 12.4. The Bertz CT molecular complexity index is 375. The first-order valence-electron chi connectivity index (χ1n) is 5.77. The number of benzene rings is 1. The van der Waals surface area contributed by atoms with Gasteiger partial charge in [-0.1, -0.05) is 19.9 Å². The summed E-state index contributed by atoms with van der Waals surface area (Å²) in [6.45, 7) is 3.90. The number of ether oxygens (including phenoxy) is 1. The van der Waals surface area contributed by atoms with E-state index in [4.69, 9.17) is 4.74 Å². The van der Waals surface area contributed by atoms with Crippen LogP contribution < -0.4 is 4.74 Å². The summed E-state index contributed by atoms with van der Waals surface area (Å²) in [5, 5.41) is 9.56. The van der Waals surface area contributed by atoms with Gasteiger partial charge in [-0.05, 0) is 30.5 Å². The number of aliphatic hydroxyl groups excluding tert-OH is 1. The Morgan fingerprint density at radius 2 is 1.94 bits per heavy atom. The van der Waals surface area contributed by atoms with Crippen molar-refractivity contribution in [1.29, 1.82) is 0 Å². The standard InChI is InChI=1S/C13H17F3O2/c1-9(2)6-11(17)8-18-12-5-3-4-10(7-12)13(14,15)16/h3-5,7,9,11,17H,6,8H2,1-2H3. The molecule has 0 aliphatic carbocycles. The van der Waals surface area contributed by atoms with Gasteiger partial charge in [-0.25, -0.2) is 0 Å². The Morgan fingerprint density at radius 3 is 2.50 bits per heavy atom. The number of hydrogen-bond donors (Lipinski definition) is 1. The molecule has 2 nitrogen and oxygen atoms in total. The third-order valence-corrected chi connectivity index (χ3v) is 2.35. The van der Waals surface area contributed by atoms with E-state index in [1.54, 1.807) is 0 Å². The maximum absolute atomic E-state index is 12.4. The van der Waals surface area contributed by atoms with Crippen LogP contribution in [0, 0.1) is 5.92 Å². The highest BCUT2D eigenvalue weighted by atomic mass is 19.4. The second kappa shape index (κ2) is 6.09. The highest BCUT2D eigenvalue weighted by molar-refractivity contribution is 5.30. The van der Waals surface area contributed by atoms with E-state index in [0.29, 0.717) is 12.3 Å². The van der Waals surface area contributed by atoms with Gasteiger partial charge in [0.25, 0.3) is 0 Å². The summed E-state index contributed by atoms with van der Waals surface area (Å²) in [7, 11) is 0. The van der Waals surface area contributed by atoms with Crippen LogP contribution in [0.25, 0.3) is 0 Å². The van der Waals surface area contributed by atoms with Crippen LogP contribution in [0.3, 0.4) is 0 Å². The first kappa shape index (κ1) is 14.8. The summed E-state index contributed by atoms with van der Waals surface area (Å²) in [6, 6.07) is 4.64. The zero-order valence-corrected chi connectivity index (χ0v) is 10.4. The van der Waals surface area contributed by atoms with Crippen LogP contribution in [0.15, 0.2) is 24.3 Å². The van der Waals surface area contributed by atoms with Crippen molar-refractivity contribution in [2.24, 2.45) is 5.92 Å². The van der Waals surface area contributed by atoms with Crippen molar-refractivity contribution in [3.05, 3.63) is 29.8 Å². The van der Waals surface area contributed by atoms with E-state index in [9.17, 15) is 18.3 Å². The Hall–Kier alpha value is -1.23. The third-order valence-electron chi connectivity index (χ3n) is 2.35. The number of halogens is 3. The van der Waals surface area contributed by atoms with Crippen molar-refractivity contribution >= 4 is 0 Å². The van der Waals surface area contributed by atoms with Crippen molar-refractivity contribution in [3.8, 4) is 5.75 Å². The summed E-state index contributed by atoms with van der Waals surface area (Å²) >= 11 is 0. The first-order chi connectivity index (χ1) is 8.29. The predicted octanol–water partition coefficient (Wildman–Crippen LogP) is 3.49. The van der Waals surface area contributed by atoms with Gasteiger partial charge in [0, 0.05) is 0 Å². The lowest BCUT2D eigenvalue weighted by Gasteiger charge is -2.15. The van der Waals surface area contributed by atoms with E-state index in [1.807, 2.05) is 13.8 Å². The lowest BCUT2D eigenvalue weighted by atomic mass is 10.1. The molecule has 0 radical (unpaired) electrons. The minimum atomic E-state index is -4.38. The molecule has 0 aromatic heterocycles. The molecule has 0 saturated heterocycles. The molecule has 1 rings (SSSR count). The van der Waals surface area contributed by atoms with E-state index < -0.39 is 17.8 Å². The van der Waals surface area contributed by atoms with Crippen molar-refractivity contribution in [1.82, 2.24) is 0 Å². The molecule has 1 aromatic rings. The van der Waals surface area contributed by atoms with E-state index in [0.717, 1.165) is 12.1 Å². The molecule has 0 aliphatic heterocycles. The number of hydrogen-bond acceptors (Lipinski definition) is 2. The molecule has 0 heterocycles.